The zero-order valence-corrected chi connectivity index (χ0v) is 24.6. The normalized spacial score (nSPS) is 28.9. The van der Waals surface area contributed by atoms with E-state index in [1.807, 2.05) is 12.2 Å². The smallest absolute Gasteiger partial charge is 0.408 e. The van der Waals surface area contributed by atoms with E-state index in [-0.39, 0.29) is 25.3 Å². The highest BCUT2D eigenvalue weighted by Gasteiger charge is 2.61. The first-order chi connectivity index (χ1) is 20.5. The SMILES string of the molecule is CC(C)(C)OC(=O)N[C@H]1CCCCC/C=C\[C@H]2C[C@@]2(C(=O)O)NC(=O)[C@@H]2C[C@@H](n3nnc(-c4ccccn4)n3)CN2C1=O. The minimum Gasteiger partial charge on any atom is -0.479 e. The van der Waals surface area contributed by atoms with Gasteiger partial charge in [-0.15, -0.1) is 10.2 Å². The molecule has 2 aromatic heterocycles. The summed E-state index contributed by atoms with van der Waals surface area (Å²) in [6, 6.07) is 2.83. The van der Waals surface area contributed by atoms with E-state index in [0.29, 0.717) is 24.4 Å². The highest BCUT2D eigenvalue weighted by atomic mass is 16.6. The second kappa shape index (κ2) is 12.1. The van der Waals surface area contributed by atoms with Gasteiger partial charge in [0.1, 0.15) is 28.9 Å². The van der Waals surface area contributed by atoms with Crippen LogP contribution in [-0.4, -0.2) is 88.8 Å². The lowest BCUT2D eigenvalue weighted by atomic mass is 10.0. The minimum absolute atomic E-state index is 0.0604. The molecule has 3 amide bonds. The molecule has 2 aliphatic heterocycles. The lowest BCUT2D eigenvalue weighted by Crippen LogP contribution is -2.56. The van der Waals surface area contributed by atoms with Crippen LogP contribution in [0.25, 0.3) is 11.5 Å². The number of tetrazole rings is 1. The molecule has 0 aromatic carbocycles. The number of pyridine rings is 1. The maximum Gasteiger partial charge on any atom is 0.408 e. The molecule has 2 fully saturated rings. The van der Waals surface area contributed by atoms with Gasteiger partial charge in [-0.25, -0.2) is 9.59 Å². The molecule has 2 aromatic rings. The first-order valence-corrected chi connectivity index (χ1v) is 14.7. The lowest BCUT2D eigenvalue weighted by Gasteiger charge is -2.30. The molecule has 14 heteroatoms. The highest BCUT2D eigenvalue weighted by molar-refractivity contribution is 5.96. The van der Waals surface area contributed by atoms with Crippen LogP contribution in [0.15, 0.2) is 36.5 Å². The van der Waals surface area contributed by atoms with Gasteiger partial charge in [-0.3, -0.25) is 14.6 Å². The molecule has 43 heavy (non-hydrogen) atoms. The molecular weight excluding hydrogens is 556 g/mol. The van der Waals surface area contributed by atoms with Crippen LogP contribution in [0.3, 0.4) is 0 Å². The number of amides is 3. The molecule has 1 aliphatic carbocycles. The van der Waals surface area contributed by atoms with Crippen LogP contribution in [0.2, 0.25) is 0 Å². The number of allylic oxidation sites excluding steroid dienone is 1. The van der Waals surface area contributed by atoms with Crippen molar-refractivity contribution < 1.29 is 29.0 Å². The molecule has 0 radical (unpaired) electrons. The van der Waals surface area contributed by atoms with Gasteiger partial charge in [-0.1, -0.05) is 31.1 Å². The van der Waals surface area contributed by atoms with Gasteiger partial charge in [0.15, 0.2) is 0 Å². The summed E-state index contributed by atoms with van der Waals surface area (Å²) in [7, 11) is 0. The summed E-state index contributed by atoms with van der Waals surface area (Å²) in [4.78, 5) is 59.9. The first kappa shape index (κ1) is 30.1. The number of carbonyl (C=O) groups is 4. The molecule has 5 atom stereocenters. The summed E-state index contributed by atoms with van der Waals surface area (Å²) in [6.07, 6.45) is 8.51. The standard InChI is InChI=1S/C29H38N8O6/c1-28(2,3)43-27(42)31-21-13-8-6-4-5-7-11-18-16-29(18,26(40)41)32-24(38)22-15-19(17-36(22)25(21)39)37-34-23(33-35-37)20-12-9-10-14-30-20/h7,9-12,14,18-19,21-22H,4-6,8,13,15-17H2,1-3H3,(H,31,42)(H,32,38)(H,40,41)/b11-7-/t18-,19+,21-,22-,29+/m0/s1. The Balaban J connectivity index is 1.44. The quantitative estimate of drug-likeness (QED) is 0.444. The molecule has 0 bridgehead atoms. The molecule has 14 nitrogen and oxygen atoms in total. The number of aromatic nitrogens is 5. The van der Waals surface area contributed by atoms with Gasteiger partial charge in [-0.05, 0) is 63.8 Å². The van der Waals surface area contributed by atoms with E-state index < -0.39 is 53.1 Å². The Morgan fingerprint density at radius 2 is 2.00 bits per heavy atom. The van der Waals surface area contributed by atoms with Crippen molar-refractivity contribution in [1.82, 2.24) is 40.7 Å². The number of rotatable bonds is 4. The number of carboxylic acids is 1. The third-order valence-electron chi connectivity index (χ3n) is 7.98. The van der Waals surface area contributed by atoms with Crippen molar-refractivity contribution in [2.24, 2.45) is 5.92 Å². The largest absolute Gasteiger partial charge is 0.479 e. The van der Waals surface area contributed by atoms with Crippen LogP contribution in [0.5, 0.6) is 0 Å². The Labute approximate surface area is 249 Å². The number of fused-ring (bicyclic) bond motifs is 2. The second-order valence-electron chi connectivity index (χ2n) is 12.4. The fourth-order valence-corrected chi connectivity index (χ4v) is 5.67. The zero-order valence-electron chi connectivity index (χ0n) is 24.6. The Kier molecular flexibility index (Phi) is 8.47. The number of ether oxygens (including phenoxy) is 1. The third kappa shape index (κ3) is 6.83. The monoisotopic (exact) mass is 594 g/mol. The fourth-order valence-electron chi connectivity index (χ4n) is 5.67. The van der Waals surface area contributed by atoms with E-state index in [1.54, 1.807) is 45.2 Å². The Bertz CT molecular complexity index is 1390. The van der Waals surface area contributed by atoms with Crippen molar-refractivity contribution in [2.75, 3.05) is 6.54 Å². The summed E-state index contributed by atoms with van der Waals surface area (Å²) in [5.41, 5.74) is -1.67. The number of carbonyl (C=O) groups excluding carboxylic acids is 3. The topological polar surface area (TPSA) is 182 Å². The summed E-state index contributed by atoms with van der Waals surface area (Å²) in [5.74, 6) is -2.19. The van der Waals surface area contributed by atoms with E-state index in [0.717, 1.165) is 19.3 Å². The van der Waals surface area contributed by atoms with Gasteiger partial charge in [0.05, 0.1) is 6.04 Å². The second-order valence-corrected chi connectivity index (χ2v) is 12.4. The van der Waals surface area contributed by atoms with Crippen molar-refractivity contribution in [3.8, 4) is 11.5 Å². The van der Waals surface area contributed by atoms with Crippen molar-refractivity contribution in [1.29, 1.82) is 0 Å². The first-order valence-electron chi connectivity index (χ1n) is 14.7. The summed E-state index contributed by atoms with van der Waals surface area (Å²) >= 11 is 0. The third-order valence-corrected chi connectivity index (χ3v) is 7.98. The molecule has 3 aliphatic rings. The van der Waals surface area contributed by atoms with Crippen LogP contribution < -0.4 is 10.6 Å². The average Bonchev–Trinajstić information content (AvgIpc) is 3.28. The number of hydrogen-bond acceptors (Lipinski definition) is 9. The number of hydrogen-bond donors (Lipinski definition) is 3. The molecule has 0 unspecified atom stereocenters. The van der Waals surface area contributed by atoms with E-state index in [9.17, 15) is 24.3 Å². The summed E-state index contributed by atoms with van der Waals surface area (Å²) in [6.45, 7) is 5.26. The zero-order chi connectivity index (χ0) is 30.8. The maximum atomic E-state index is 14.1. The maximum absolute atomic E-state index is 14.1. The molecule has 4 heterocycles. The van der Waals surface area contributed by atoms with Crippen molar-refractivity contribution in [2.45, 2.75) is 95.0 Å². The average molecular weight is 595 g/mol. The van der Waals surface area contributed by atoms with Crippen LogP contribution >= 0.6 is 0 Å². The van der Waals surface area contributed by atoms with Crippen molar-refractivity contribution in [3.05, 3.63) is 36.5 Å². The van der Waals surface area contributed by atoms with Gasteiger partial charge in [0.2, 0.25) is 17.6 Å². The molecule has 0 spiro atoms. The van der Waals surface area contributed by atoms with Crippen LogP contribution in [0.1, 0.15) is 71.8 Å². The van der Waals surface area contributed by atoms with Gasteiger partial charge in [-0.2, -0.15) is 4.80 Å². The van der Waals surface area contributed by atoms with E-state index in [2.05, 4.69) is 31.0 Å². The fraction of sp³-hybridized carbons (Fsp3) is 0.586. The molecule has 230 valence electrons. The van der Waals surface area contributed by atoms with Gasteiger partial charge < -0.3 is 25.4 Å². The van der Waals surface area contributed by atoms with Crippen LogP contribution in [0, 0.1) is 5.92 Å². The number of carboxylic acid groups (broad SMARTS) is 1. The lowest BCUT2D eigenvalue weighted by molar-refractivity contribution is -0.145. The summed E-state index contributed by atoms with van der Waals surface area (Å²) < 4.78 is 5.43. The summed E-state index contributed by atoms with van der Waals surface area (Å²) in [5, 5.41) is 28.3. The predicted molar refractivity (Wildman–Crippen MR) is 152 cm³/mol. The number of nitrogens with one attached hydrogen (secondary N) is 2. The van der Waals surface area contributed by atoms with Gasteiger partial charge in [0, 0.05) is 25.1 Å². The molecule has 5 rings (SSSR count). The van der Waals surface area contributed by atoms with E-state index in [1.165, 1.54) is 9.70 Å². The Morgan fingerprint density at radius 3 is 2.72 bits per heavy atom. The van der Waals surface area contributed by atoms with Gasteiger partial charge >= 0.3 is 12.1 Å². The van der Waals surface area contributed by atoms with E-state index in [4.69, 9.17) is 4.74 Å². The van der Waals surface area contributed by atoms with Gasteiger partial charge in [0.25, 0.3) is 0 Å². The minimum atomic E-state index is -1.42. The van der Waals surface area contributed by atoms with Crippen LogP contribution in [-0.2, 0) is 19.1 Å². The van der Waals surface area contributed by atoms with Crippen molar-refractivity contribution >= 4 is 23.9 Å². The molecule has 1 saturated heterocycles. The predicted octanol–water partition coefficient (Wildman–Crippen LogP) is 2.25. The molecule has 3 N–H and O–H groups in total. The van der Waals surface area contributed by atoms with Crippen LogP contribution in [0.4, 0.5) is 4.79 Å². The van der Waals surface area contributed by atoms with Crippen molar-refractivity contribution in [3.63, 3.8) is 0 Å². The Morgan fingerprint density at radius 1 is 1.19 bits per heavy atom. The molecule has 1 saturated carbocycles. The number of nitrogens with zero attached hydrogens (tertiary/aromatic N) is 6. The number of aliphatic carboxylic acids is 1. The molecular formula is C29H38N8O6. The van der Waals surface area contributed by atoms with E-state index >= 15 is 0 Å². The Hall–Kier alpha value is -4.36. The number of alkyl carbamates (subject to hydrolysis) is 1. The highest BCUT2D eigenvalue weighted by Crippen LogP contribution is 2.45.